The van der Waals surface area contributed by atoms with E-state index in [-0.39, 0.29) is 54.5 Å². The number of hydrogen-bond acceptors (Lipinski definition) is 15. The molecule has 0 saturated heterocycles. The summed E-state index contributed by atoms with van der Waals surface area (Å²) in [5.41, 5.74) is 7.63. The van der Waals surface area contributed by atoms with Gasteiger partial charge in [-0.25, -0.2) is 0 Å². The summed E-state index contributed by atoms with van der Waals surface area (Å²) in [6.45, 7) is 33.9. The molecule has 0 saturated carbocycles. The number of hydrogen-bond donors (Lipinski definition) is 0. The zero-order valence-electron chi connectivity index (χ0n) is 47.1. The monoisotopic (exact) mass is 1320 g/mol. The number of carboxylic acid groups (broad SMARTS) is 6. The number of aryl methyl sites for hydroxylation is 6. The Morgan fingerprint density at radius 3 is 0.412 bits per heavy atom. The summed E-state index contributed by atoms with van der Waals surface area (Å²) in [4.78, 5) is 84.4. The molecular formula is C69H66O15W. The zero-order chi connectivity index (χ0) is 64.1. The summed E-state index contributed by atoms with van der Waals surface area (Å²) in [5.74, 6) is -6.94. The van der Waals surface area contributed by atoms with Crippen molar-refractivity contribution in [2.45, 2.75) is 77.0 Å². The SMILES string of the molecule is C=C(CCc1ccccc1)C(=O)[O-].C=C(CCc1ccccc1)C(=O)[O-].C=C(CCc1ccccc1)C(=O)[O-].C=C(CCc1ccccc1)C(=O)[O-].C=C(CCc1ccccc1)C(=O)[O-].C=C(CCc1ccccc1)C(=O)[O-].[C]=O.[C]=O.[C]=O.[W+6]. The molecule has 0 unspecified atom stereocenters. The van der Waals surface area contributed by atoms with Crippen LogP contribution in [0.25, 0.3) is 0 Å². The molecule has 0 fully saturated rings. The van der Waals surface area contributed by atoms with Gasteiger partial charge in [-0.15, -0.1) is 0 Å². The van der Waals surface area contributed by atoms with Gasteiger partial charge in [0.05, 0.1) is 35.8 Å². The minimum absolute atomic E-state index is 0. The van der Waals surface area contributed by atoms with E-state index in [9.17, 15) is 59.4 Å². The van der Waals surface area contributed by atoms with Crippen molar-refractivity contribution in [3.8, 4) is 0 Å². The van der Waals surface area contributed by atoms with Crippen LogP contribution in [0.4, 0.5) is 0 Å². The maximum Gasteiger partial charge on any atom is 6.00 e. The van der Waals surface area contributed by atoms with Gasteiger partial charge in [-0.05, 0) is 144 Å². The van der Waals surface area contributed by atoms with E-state index in [1.807, 2.05) is 182 Å². The van der Waals surface area contributed by atoms with Crippen LogP contribution in [0, 0.1) is 0 Å². The topological polar surface area (TPSA) is 292 Å². The molecule has 6 aromatic rings. The van der Waals surface area contributed by atoms with Gasteiger partial charge in [0.1, 0.15) is 0 Å². The van der Waals surface area contributed by atoms with Crippen LogP contribution < -0.4 is 30.6 Å². The van der Waals surface area contributed by atoms with Crippen molar-refractivity contribution in [3.05, 3.63) is 288 Å². The molecule has 0 atom stereocenters. The van der Waals surface area contributed by atoms with Crippen molar-refractivity contribution < 1.29 is 94.9 Å². The summed E-state index contributed by atoms with van der Waals surface area (Å²) in [7, 11) is 0. The fourth-order valence-electron chi connectivity index (χ4n) is 6.25. The number of rotatable bonds is 24. The molecule has 6 radical (unpaired) electrons. The normalized spacial score (nSPS) is 8.89. The largest absolute Gasteiger partial charge is 6.00 e. The van der Waals surface area contributed by atoms with E-state index in [2.05, 4.69) is 59.8 Å². The molecule has 0 aliphatic rings. The third kappa shape index (κ3) is 45.6. The van der Waals surface area contributed by atoms with Crippen LogP contribution in [-0.4, -0.2) is 56.2 Å². The average molecular weight is 1320 g/mol. The molecule has 85 heavy (non-hydrogen) atoms. The van der Waals surface area contributed by atoms with Gasteiger partial charge in [0, 0.05) is 0 Å². The molecule has 0 bridgehead atoms. The molecular weight excluding hydrogens is 1250 g/mol. The number of carbonyl (C=O) groups excluding carboxylic acids is 9. The molecule has 0 aromatic heterocycles. The summed E-state index contributed by atoms with van der Waals surface area (Å²) >= 11 is 0. The van der Waals surface area contributed by atoms with Crippen LogP contribution in [0.15, 0.2) is 255 Å². The molecule has 0 spiro atoms. The molecule has 6 rings (SSSR count). The molecule has 0 aliphatic heterocycles. The van der Waals surface area contributed by atoms with E-state index in [1.165, 1.54) is 0 Å². The first-order chi connectivity index (χ1) is 40.2. The number of benzene rings is 6. The summed E-state index contributed by atoms with van der Waals surface area (Å²) in [5, 5.41) is 61.9. The second kappa shape index (κ2) is 53.6. The fraction of sp³-hybridized carbons (Fsp3) is 0.174. The second-order valence-electron chi connectivity index (χ2n) is 17.3. The van der Waals surface area contributed by atoms with Gasteiger partial charge >= 0.3 is 21.1 Å². The van der Waals surface area contributed by atoms with Crippen LogP contribution in [0.5, 0.6) is 0 Å². The minimum Gasteiger partial charge on any atom is -0.545 e. The standard InChI is InChI=1S/6C11H12O2.3CO.W/c6*1-9(11(12)13)7-8-10-5-3-2-4-6-10;3*1-2;/h6*2-6H,1,7-8H2,(H,12,13);;;;/q;;;;;;;;;+6/p-6. The molecule has 16 heteroatoms. The van der Waals surface area contributed by atoms with Crippen LogP contribution in [0.1, 0.15) is 71.9 Å². The number of aliphatic carboxylic acids is 6. The maximum atomic E-state index is 10.3. The Balaban J connectivity index is -0.000000453. The smallest absolute Gasteiger partial charge is 0.545 e. The molecule has 0 N–H and O–H groups in total. The van der Waals surface area contributed by atoms with Gasteiger partial charge in [-0.1, -0.05) is 221 Å². The Morgan fingerprint density at radius 1 is 0.235 bits per heavy atom. The predicted octanol–water partition coefficient (Wildman–Crippen LogP) is 4.36. The van der Waals surface area contributed by atoms with Crippen molar-refractivity contribution in [1.29, 1.82) is 0 Å². The fourth-order valence-corrected chi connectivity index (χ4v) is 6.25. The Morgan fingerprint density at radius 2 is 0.329 bits per heavy atom. The van der Waals surface area contributed by atoms with Crippen molar-refractivity contribution in [2.24, 2.45) is 0 Å². The zero-order valence-corrected chi connectivity index (χ0v) is 50.0. The van der Waals surface area contributed by atoms with Crippen LogP contribution >= 0.6 is 0 Å². The predicted molar refractivity (Wildman–Crippen MR) is 311 cm³/mol. The number of carboxylic acids is 6. The first kappa shape index (κ1) is 81.7. The third-order valence-corrected chi connectivity index (χ3v) is 11.1. The molecule has 0 aliphatic carbocycles. The molecule has 6 aromatic carbocycles. The second-order valence-corrected chi connectivity index (χ2v) is 17.3. The van der Waals surface area contributed by atoms with Gasteiger partial charge in [0.2, 0.25) is 0 Å². The van der Waals surface area contributed by atoms with Gasteiger partial charge < -0.3 is 59.4 Å². The van der Waals surface area contributed by atoms with Gasteiger partial charge in [0.15, 0.2) is 0 Å². The summed E-state index contributed by atoms with van der Waals surface area (Å²) < 4.78 is 0. The summed E-state index contributed by atoms with van der Waals surface area (Å²) in [6.07, 6.45) is 6.92. The Bertz CT molecular complexity index is 2380. The van der Waals surface area contributed by atoms with Crippen molar-refractivity contribution in [1.82, 2.24) is 0 Å². The third-order valence-electron chi connectivity index (χ3n) is 11.1. The Hall–Kier alpha value is -9.72. The van der Waals surface area contributed by atoms with Crippen LogP contribution in [-0.2, 0) is 103 Å². The Labute approximate surface area is 513 Å². The first-order valence-electron chi connectivity index (χ1n) is 25.4. The quantitative estimate of drug-likeness (QED) is 0.0761. The number of carbonyl (C=O) groups is 6. The molecule has 0 heterocycles. The van der Waals surface area contributed by atoms with Gasteiger partial charge in [0.25, 0.3) is 20.4 Å². The molecule has 0 amide bonds. The minimum atomic E-state index is -1.16. The molecule has 15 nitrogen and oxygen atoms in total. The first-order valence-corrected chi connectivity index (χ1v) is 25.4. The van der Waals surface area contributed by atoms with E-state index in [0.717, 1.165) is 33.4 Å². The van der Waals surface area contributed by atoms with Gasteiger partial charge in [-0.3, -0.25) is 14.4 Å². The van der Waals surface area contributed by atoms with E-state index >= 15 is 0 Å². The van der Waals surface area contributed by atoms with E-state index in [0.29, 0.717) is 77.0 Å². The maximum absolute atomic E-state index is 10.3. The molecule has 438 valence electrons. The van der Waals surface area contributed by atoms with Crippen LogP contribution in [0.2, 0.25) is 0 Å². The van der Waals surface area contributed by atoms with E-state index in [4.69, 9.17) is 14.4 Å². The average Bonchev–Trinajstić information content (AvgIpc) is 3.53. The van der Waals surface area contributed by atoms with Crippen molar-refractivity contribution in [2.75, 3.05) is 0 Å². The van der Waals surface area contributed by atoms with Crippen molar-refractivity contribution >= 4 is 56.2 Å². The van der Waals surface area contributed by atoms with Crippen LogP contribution in [0.3, 0.4) is 0 Å². The van der Waals surface area contributed by atoms with E-state index < -0.39 is 35.8 Å². The summed E-state index contributed by atoms with van der Waals surface area (Å²) in [6, 6.07) is 58.2. The Kier molecular flexibility index (Phi) is 51.5. The van der Waals surface area contributed by atoms with Crippen molar-refractivity contribution in [3.63, 3.8) is 0 Å². The van der Waals surface area contributed by atoms with Gasteiger partial charge in [-0.2, -0.15) is 0 Å². The van der Waals surface area contributed by atoms with E-state index in [1.54, 1.807) is 0 Å².